The fourth-order valence-electron chi connectivity index (χ4n) is 4.33. The number of ether oxygens (including phenoxy) is 2. The maximum absolute atomic E-state index is 12.9. The van der Waals surface area contributed by atoms with Gasteiger partial charge in [0.15, 0.2) is 5.69 Å². The lowest BCUT2D eigenvalue weighted by Gasteiger charge is -2.30. The van der Waals surface area contributed by atoms with E-state index >= 15 is 0 Å². The van der Waals surface area contributed by atoms with E-state index in [0.29, 0.717) is 56.5 Å². The van der Waals surface area contributed by atoms with Crippen molar-refractivity contribution in [1.29, 1.82) is 0 Å². The summed E-state index contributed by atoms with van der Waals surface area (Å²) in [6, 6.07) is 4.06. The van der Waals surface area contributed by atoms with Crippen molar-refractivity contribution in [2.24, 2.45) is 5.92 Å². The van der Waals surface area contributed by atoms with E-state index in [1.807, 2.05) is 4.90 Å². The van der Waals surface area contributed by atoms with Crippen molar-refractivity contribution in [2.75, 3.05) is 43.1 Å². The zero-order valence-corrected chi connectivity index (χ0v) is 20.3. The standard InChI is InChI=1S/C25H29N7O5/c33-22(29-14-17-5-12-35-13-6-17)19-15-26-9-2-20(19)30-23(34)21-16-36-25(31-21)32-10-3-18(4-11-32)37-24-27-7-1-8-28-24/h1-2,7-9,15-18H,3-6,10-14H2,(H,29,33)(H,26,30,34). The van der Waals surface area contributed by atoms with Crippen molar-refractivity contribution in [3.8, 4) is 6.01 Å². The van der Waals surface area contributed by atoms with Gasteiger partial charge in [-0.15, -0.1) is 0 Å². The van der Waals surface area contributed by atoms with Gasteiger partial charge < -0.3 is 29.4 Å². The van der Waals surface area contributed by atoms with Crippen molar-refractivity contribution >= 4 is 23.5 Å². The summed E-state index contributed by atoms with van der Waals surface area (Å²) < 4.78 is 16.8. The Morgan fingerprint density at radius 3 is 2.62 bits per heavy atom. The first-order valence-electron chi connectivity index (χ1n) is 12.4. The summed E-state index contributed by atoms with van der Waals surface area (Å²) in [5.74, 6) is -0.384. The van der Waals surface area contributed by atoms with Gasteiger partial charge in [-0.1, -0.05) is 0 Å². The predicted molar refractivity (Wildman–Crippen MR) is 132 cm³/mol. The van der Waals surface area contributed by atoms with E-state index in [0.717, 1.165) is 25.7 Å². The van der Waals surface area contributed by atoms with Gasteiger partial charge in [0, 0.05) is 70.5 Å². The molecule has 0 aliphatic carbocycles. The molecule has 2 amide bonds. The van der Waals surface area contributed by atoms with E-state index in [9.17, 15) is 9.59 Å². The first kappa shape index (κ1) is 24.6. The van der Waals surface area contributed by atoms with Crippen molar-refractivity contribution < 1.29 is 23.5 Å². The number of oxazole rings is 1. The minimum absolute atomic E-state index is 0.000847. The number of hydrogen-bond donors (Lipinski definition) is 2. The van der Waals surface area contributed by atoms with Crippen molar-refractivity contribution in [1.82, 2.24) is 25.3 Å². The van der Waals surface area contributed by atoms with Crippen LogP contribution in [0.3, 0.4) is 0 Å². The van der Waals surface area contributed by atoms with Crippen molar-refractivity contribution in [3.05, 3.63) is 54.4 Å². The fourth-order valence-corrected chi connectivity index (χ4v) is 4.33. The number of nitrogens with zero attached hydrogens (tertiary/aromatic N) is 5. The minimum Gasteiger partial charge on any atom is -0.460 e. The molecule has 0 bridgehead atoms. The Labute approximate surface area is 213 Å². The molecular weight excluding hydrogens is 478 g/mol. The summed E-state index contributed by atoms with van der Waals surface area (Å²) in [4.78, 5) is 44.3. The molecule has 2 aliphatic heterocycles. The molecule has 2 N–H and O–H groups in total. The van der Waals surface area contributed by atoms with Gasteiger partial charge in [-0.25, -0.2) is 9.97 Å². The van der Waals surface area contributed by atoms with Crippen LogP contribution in [0, 0.1) is 5.92 Å². The van der Waals surface area contributed by atoms with Crippen LogP contribution < -0.4 is 20.3 Å². The van der Waals surface area contributed by atoms with Gasteiger partial charge in [0.05, 0.1) is 11.3 Å². The van der Waals surface area contributed by atoms with Gasteiger partial charge in [0.1, 0.15) is 12.4 Å². The normalized spacial score (nSPS) is 16.8. The van der Waals surface area contributed by atoms with E-state index < -0.39 is 5.91 Å². The molecule has 12 heteroatoms. The number of nitrogens with one attached hydrogen (secondary N) is 2. The summed E-state index contributed by atoms with van der Waals surface area (Å²) in [5, 5.41) is 5.70. The molecular formula is C25H29N7O5. The van der Waals surface area contributed by atoms with E-state index in [4.69, 9.17) is 13.9 Å². The first-order valence-corrected chi connectivity index (χ1v) is 12.4. The van der Waals surface area contributed by atoms with Gasteiger partial charge in [-0.2, -0.15) is 4.98 Å². The summed E-state index contributed by atoms with van der Waals surface area (Å²) in [7, 11) is 0. The van der Waals surface area contributed by atoms with E-state index in [-0.39, 0.29) is 23.3 Å². The van der Waals surface area contributed by atoms with Gasteiger partial charge in [0.2, 0.25) is 0 Å². The second-order valence-corrected chi connectivity index (χ2v) is 8.99. The Morgan fingerprint density at radius 1 is 1.05 bits per heavy atom. The molecule has 5 heterocycles. The average Bonchev–Trinajstić information content (AvgIpc) is 3.44. The molecule has 2 aliphatic rings. The molecule has 12 nitrogen and oxygen atoms in total. The molecule has 0 radical (unpaired) electrons. The van der Waals surface area contributed by atoms with Crippen LogP contribution in [0.25, 0.3) is 0 Å². The molecule has 0 spiro atoms. The highest BCUT2D eigenvalue weighted by Crippen LogP contribution is 2.23. The molecule has 0 saturated carbocycles. The topological polar surface area (TPSA) is 145 Å². The third-order valence-electron chi connectivity index (χ3n) is 6.46. The molecule has 2 saturated heterocycles. The summed E-state index contributed by atoms with van der Waals surface area (Å²) >= 11 is 0. The Hall–Kier alpha value is -4.06. The highest BCUT2D eigenvalue weighted by molar-refractivity contribution is 6.08. The van der Waals surface area contributed by atoms with Gasteiger partial charge >= 0.3 is 6.01 Å². The highest BCUT2D eigenvalue weighted by Gasteiger charge is 2.25. The lowest BCUT2D eigenvalue weighted by atomic mass is 10.0. The van der Waals surface area contributed by atoms with Crippen LogP contribution in [0.4, 0.5) is 11.7 Å². The fraction of sp³-hybridized carbons (Fsp3) is 0.440. The second kappa shape index (κ2) is 11.8. The van der Waals surface area contributed by atoms with Crippen LogP contribution in [-0.4, -0.2) is 70.7 Å². The monoisotopic (exact) mass is 507 g/mol. The molecule has 2 fully saturated rings. The molecule has 3 aromatic rings. The zero-order valence-electron chi connectivity index (χ0n) is 20.3. The van der Waals surface area contributed by atoms with E-state index in [2.05, 4.69) is 30.6 Å². The van der Waals surface area contributed by atoms with E-state index in [1.54, 1.807) is 24.5 Å². The van der Waals surface area contributed by atoms with Crippen LogP contribution in [0.5, 0.6) is 6.01 Å². The Kier molecular flexibility index (Phi) is 7.84. The second-order valence-electron chi connectivity index (χ2n) is 8.99. The number of carbonyl (C=O) groups is 2. The van der Waals surface area contributed by atoms with Crippen molar-refractivity contribution in [3.63, 3.8) is 0 Å². The number of rotatable bonds is 8. The number of anilines is 2. The van der Waals surface area contributed by atoms with Crippen LogP contribution in [-0.2, 0) is 4.74 Å². The summed E-state index contributed by atoms with van der Waals surface area (Å²) in [6.45, 7) is 3.28. The maximum Gasteiger partial charge on any atom is 0.316 e. The van der Waals surface area contributed by atoms with Crippen molar-refractivity contribution in [2.45, 2.75) is 31.8 Å². The maximum atomic E-state index is 12.9. The molecule has 0 atom stereocenters. The Bertz CT molecular complexity index is 1190. The molecule has 0 aromatic carbocycles. The third-order valence-corrected chi connectivity index (χ3v) is 6.46. The van der Waals surface area contributed by atoms with Gasteiger partial charge in [-0.3, -0.25) is 14.6 Å². The zero-order chi connectivity index (χ0) is 25.5. The highest BCUT2D eigenvalue weighted by atomic mass is 16.5. The SMILES string of the molecule is O=C(Nc1ccncc1C(=O)NCC1CCOCC1)c1coc(N2CCC(Oc3ncccn3)CC2)n1. The lowest BCUT2D eigenvalue weighted by Crippen LogP contribution is -2.38. The van der Waals surface area contributed by atoms with Gasteiger partial charge in [-0.05, 0) is 30.9 Å². The van der Waals surface area contributed by atoms with Crippen LogP contribution in [0.1, 0.15) is 46.5 Å². The lowest BCUT2D eigenvalue weighted by molar-refractivity contribution is 0.0643. The van der Waals surface area contributed by atoms with Gasteiger partial charge in [0.25, 0.3) is 17.8 Å². The summed E-state index contributed by atoms with van der Waals surface area (Å²) in [5.41, 5.74) is 0.766. The largest absolute Gasteiger partial charge is 0.460 e. The number of amides is 2. The first-order chi connectivity index (χ1) is 18.2. The molecule has 37 heavy (non-hydrogen) atoms. The molecule has 194 valence electrons. The van der Waals surface area contributed by atoms with Crippen LogP contribution in [0.2, 0.25) is 0 Å². The number of pyridine rings is 1. The Balaban J connectivity index is 1.15. The number of hydrogen-bond acceptors (Lipinski definition) is 10. The quantitative estimate of drug-likeness (QED) is 0.466. The minimum atomic E-state index is -0.473. The molecule has 3 aromatic heterocycles. The summed E-state index contributed by atoms with van der Waals surface area (Å²) in [6.07, 6.45) is 10.9. The number of aromatic nitrogens is 4. The van der Waals surface area contributed by atoms with Crippen LogP contribution >= 0.6 is 0 Å². The van der Waals surface area contributed by atoms with Crippen LogP contribution in [0.15, 0.2) is 47.6 Å². The average molecular weight is 508 g/mol. The smallest absolute Gasteiger partial charge is 0.316 e. The predicted octanol–water partition coefficient (Wildman–Crippen LogP) is 2.32. The third kappa shape index (κ3) is 6.39. The number of carbonyl (C=O) groups excluding carboxylic acids is 2. The van der Waals surface area contributed by atoms with E-state index in [1.165, 1.54) is 18.7 Å². The molecule has 0 unspecified atom stereocenters. The number of piperidine rings is 1. The Morgan fingerprint density at radius 2 is 1.84 bits per heavy atom. The molecule has 5 rings (SSSR count).